The lowest BCUT2D eigenvalue weighted by Gasteiger charge is -2.33. The van der Waals surface area contributed by atoms with E-state index in [4.69, 9.17) is 4.74 Å². The first-order chi connectivity index (χ1) is 10.6. The fraction of sp³-hybridized carbons (Fsp3) is 0.667. The molecule has 0 saturated carbocycles. The summed E-state index contributed by atoms with van der Waals surface area (Å²) >= 11 is 0. The zero-order valence-electron chi connectivity index (χ0n) is 13.5. The number of likely N-dealkylation sites (tertiary alicyclic amines) is 1. The Hall–Kier alpha value is -0.940. The van der Waals surface area contributed by atoms with Gasteiger partial charge in [0.2, 0.25) is 0 Å². The molecule has 2 fully saturated rings. The van der Waals surface area contributed by atoms with E-state index in [2.05, 4.69) is 47.5 Å². The molecule has 2 N–H and O–H groups in total. The molecule has 4 nitrogen and oxygen atoms in total. The van der Waals surface area contributed by atoms with Gasteiger partial charge in [-0.15, -0.1) is 0 Å². The van der Waals surface area contributed by atoms with Crippen molar-refractivity contribution in [3.05, 3.63) is 35.9 Å². The first-order valence-electron chi connectivity index (χ1n) is 8.46. The molecule has 0 aliphatic carbocycles. The summed E-state index contributed by atoms with van der Waals surface area (Å²) in [7, 11) is 0. The van der Waals surface area contributed by atoms with Crippen LogP contribution in [-0.2, 0) is 11.3 Å². The normalized spacial score (nSPS) is 28.8. The van der Waals surface area contributed by atoms with Gasteiger partial charge in [0.1, 0.15) is 0 Å². The Morgan fingerprint density at radius 2 is 2.00 bits per heavy atom. The highest BCUT2D eigenvalue weighted by Gasteiger charge is 2.33. The third-order valence-electron chi connectivity index (χ3n) is 5.08. The van der Waals surface area contributed by atoms with Crippen molar-refractivity contribution in [3.8, 4) is 0 Å². The monoisotopic (exact) mass is 304 g/mol. The van der Waals surface area contributed by atoms with Crippen molar-refractivity contribution in [2.24, 2.45) is 0 Å². The molecule has 3 rings (SSSR count). The van der Waals surface area contributed by atoms with Gasteiger partial charge in [0, 0.05) is 57.8 Å². The zero-order chi connectivity index (χ0) is 15.4. The fourth-order valence-corrected chi connectivity index (χ4v) is 3.55. The van der Waals surface area contributed by atoms with Crippen LogP contribution in [0.4, 0.5) is 0 Å². The van der Waals surface area contributed by atoms with Crippen LogP contribution in [0.15, 0.2) is 30.3 Å². The van der Waals surface area contributed by atoms with Gasteiger partial charge in [0.05, 0.1) is 5.60 Å². The number of hydrogen-bond acceptors (Lipinski definition) is 4. The van der Waals surface area contributed by atoms with Crippen LogP contribution in [0.1, 0.15) is 31.7 Å². The lowest BCUT2D eigenvalue weighted by atomic mass is 9.94. The largest absolute Gasteiger partial charge is 0.388 e. The maximum Gasteiger partial charge on any atom is 0.0815 e. The summed E-state index contributed by atoms with van der Waals surface area (Å²) in [5.41, 5.74) is 0.798. The maximum absolute atomic E-state index is 10.5. The van der Waals surface area contributed by atoms with E-state index in [1.54, 1.807) is 0 Å². The number of nitrogens with one attached hydrogen (secondary N) is 1. The van der Waals surface area contributed by atoms with Gasteiger partial charge in [0.15, 0.2) is 0 Å². The van der Waals surface area contributed by atoms with E-state index in [1.165, 1.54) is 5.56 Å². The molecular weight excluding hydrogens is 276 g/mol. The van der Waals surface area contributed by atoms with Crippen molar-refractivity contribution in [2.75, 3.05) is 26.3 Å². The summed E-state index contributed by atoms with van der Waals surface area (Å²) in [6.45, 7) is 6.42. The second-order valence-corrected chi connectivity index (χ2v) is 6.91. The molecule has 2 unspecified atom stereocenters. The molecule has 2 saturated heterocycles. The molecule has 2 aliphatic rings. The molecule has 0 spiro atoms. The Morgan fingerprint density at radius 3 is 2.73 bits per heavy atom. The minimum atomic E-state index is -0.575. The Morgan fingerprint density at radius 1 is 1.27 bits per heavy atom. The summed E-state index contributed by atoms with van der Waals surface area (Å²) in [6, 6.07) is 11.7. The summed E-state index contributed by atoms with van der Waals surface area (Å²) in [5, 5.41) is 14.1. The highest BCUT2D eigenvalue weighted by Crippen LogP contribution is 2.23. The molecule has 4 heteroatoms. The van der Waals surface area contributed by atoms with Crippen LogP contribution in [0.2, 0.25) is 0 Å². The summed E-state index contributed by atoms with van der Waals surface area (Å²) in [6.07, 6.45) is 2.64. The van der Waals surface area contributed by atoms with Gasteiger partial charge in [0.25, 0.3) is 0 Å². The Balaban J connectivity index is 1.48. The van der Waals surface area contributed by atoms with Crippen LogP contribution in [0.3, 0.4) is 0 Å². The third kappa shape index (κ3) is 4.07. The second-order valence-electron chi connectivity index (χ2n) is 6.91. The molecule has 0 radical (unpaired) electrons. The predicted molar refractivity (Wildman–Crippen MR) is 87.7 cm³/mol. The topological polar surface area (TPSA) is 44.7 Å². The van der Waals surface area contributed by atoms with E-state index in [0.29, 0.717) is 31.8 Å². The Labute approximate surface area is 133 Å². The molecule has 2 heterocycles. The minimum Gasteiger partial charge on any atom is -0.388 e. The van der Waals surface area contributed by atoms with Gasteiger partial charge in [-0.25, -0.2) is 0 Å². The molecular formula is C18H28N2O2. The smallest absolute Gasteiger partial charge is 0.0815 e. The lowest BCUT2D eigenvalue weighted by molar-refractivity contribution is -0.0626. The van der Waals surface area contributed by atoms with Crippen LogP contribution in [0.25, 0.3) is 0 Å². The number of hydrogen-bond donors (Lipinski definition) is 2. The van der Waals surface area contributed by atoms with Crippen LogP contribution in [-0.4, -0.2) is 54.0 Å². The molecule has 2 atom stereocenters. The van der Waals surface area contributed by atoms with Crippen molar-refractivity contribution < 1.29 is 9.84 Å². The van der Waals surface area contributed by atoms with Crippen molar-refractivity contribution in [1.29, 1.82) is 0 Å². The predicted octanol–water partition coefficient (Wildman–Crippen LogP) is 1.78. The average Bonchev–Trinajstić information content (AvgIpc) is 2.87. The molecule has 1 aromatic carbocycles. The number of rotatable bonds is 5. The van der Waals surface area contributed by atoms with Crippen molar-refractivity contribution >= 4 is 0 Å². The van der Waals surface area contributed by atoms with Crippen molar-refractivity contribution in [3.63, 3.8) is 0 Å². The van der Waals surface area contributed by atoms with E-state index in [0.717, 1.165) is 32.4 Å². The first-order valence-corrected chi connectivity index (χ1v) is 8.46. The zero-order valence-corrected chi connectivity index (χ0v) is 13.5. The second kappa shape index (κ2) is 7.09. The van der Waals surface area contributed by atoms with E-state index in [9.17, 15) is 5.11 Å². The quantitative estimate of drug-likeness (QED) is 0.870. The van der Waals surface area contributed by atoms with Gasteiger partial charge in [-0.3, -0.25) is 4.90 Å². The molecule has 1 aromatic rings. The molecule has 122 valence electrons. The SMILES string of the molecule is CC1CC(NCC2(O)CCOCC2)CN1Cc1ccccc1. The number of aliphatic hydroxyl groups is 1. The van der Waals surface area contributed by atoms with Crippen molar-refractivity contribution in [1.82, 2.24) is 10.2 Å². The molecule has 0 aromatic heterocycles. The third-order valence-corrected chi connectivity index (χ3v) is 5.08. The summed E-state index contributed by atoms with van der Waals surface area (Å²) < 4.78 is 5.34. The van der Waals surface area contributed by atoms with Crippen LogP contribution < -0.4 is 5.32 Å². The minimum absolute atomic E-state index is 0.477. The average molecular weight is 304 g/mol. The van der Waals surface area contributed by atoms with E-state index in [-0.39, 0.29) is 0 Å². The lowest BCUT2D eigenvalue weighted by Crippen LogP contribution is -2.48. The molecule has 22 heavy (non-hydrogen) atoms. The van der Waals surface area contributed by atoms with Gasteiger partial charge in [-0.1, -0.05) is 30.3 Å². The molecule has 2 aliphatic heterocycles. The van der Waals surface area contributed by atoms with Crippen molar-refractivity contribution in [2.45, 2.75) is 50.4 Å². The molecule has 0 amide bonds. The summed E-state index contributed by atoms with van der Waals surface area (Å²) in [5.74, 6) is 0. The van der Waals surface area contributed by atoms with Crippen LogP contribution >= 0.6 is 0 Å². The standard InChI is InChI=1S/C18H28N2O2/c1-15-11-17(19-14-18(21)7-9-22-10-8-18)13-20(15)12-16-5-3-2-4-6-16/h2-6,15,17,19,21H,7-14H2,1H3. The Kier molecular flexibility index (Phi) is 5.14. The van der Waals surface area contributed by atoms with Gasteiger partial charge in [-0.05, 0) is 18.9 Å². The number of benzene rings is 1. The highest BCUT2D eigenvalue weighted by molar-refractivity contribution is 5.15. The van der Waals surface area contributed by atoms with E-state index < -0.39 is 5.60 Å². The fourth-order valence-electron chi connectivity index (χ4n) is 3.55. The van der Waals surface area contributed by atoms with E-state index in [1.807, 2.05) is 0 Å². The van der Waals surface area contributed by atoms with Gasteiger partial charge in [-0.2, -0.15) is 0 Å². The van der Waals surface area contributed by atoms with Gasteiger partial charge < -0.3 is 15.2 Å². The summed E-state index contributed by atoms with van der Waals surface area (Å²) in [4.78, 5) is 2.53. The Bertz CT molecular complexity index is 459. The number of nitrogens with zero attached hydrogens (tertiary/aromatic N) is 1. The number of ether oxygens (including phenoxy) is 1. The first kappa shape index (κ1) is 15.9. The van der Waals surface area contributed by atoms with Crippen LogP contribution in [0.5, 0.6) is 0 Å². The highest BCUT2D eigenvalue weighted by atomic mass is 16.5. The van der Waals surface area contributed by atoms with Crippen LogP contribution in [0, 0.1) is 0 Å². The van der Waals surface area contributed by atoms with Gasteiger partial charge >= 0.3 is 0 Å². The van der Waals surface area contributed by atoms with E-state index >= 15 is 0 Å². The maximum atomic E-state index is 10.5. The molecule has 0 bridgehead atoms.